The first-order chi connectivity index (χ1) is 12.6. The Kier molecular flexibility index (Phi) is 5.91. The largest absolute Gasteiger partial charge is 0.461 e. The number of anilines is 1. The number of amides is 1. The summed E-state index contributed by atoms with van der Waals surface area (Å²) >= 11 is 0. The quantitative estimate of drug-likeness (QED) is 0.671. The summed E-state index contributed by atoms with van der Waals surface area (Å²) in [4.78, 5) is 27.4. The molecular formula is C20H27N3O3. The molecule has 1 aromatic rings. The van der Waals surface area contributed by atoms with E-state index in [0.29, 0.717) is 18.2 Å². The second-order valence-electron chi connectivity index (χ2n) is 6.89. The average molecular weight is 357 g/mol. The topological polar surface area (TPSA) is 62.2 Å². The molecule has 1 amide bonds. The van der Waals surface area contributed by atoms with E-state index in [1.165, 1.54) is 12.8 Å². The summed E-state index contributed by atoms with van der Waals surface area (Å²) < 4.78 is 5.10. The van der Waals surface area contributed by atoms with E-state index in [9.17, 15) is 9.59 Å². The highest BCUT2D eigenvalue weighted by Gasteiger charge is 2.39. The van der Waals surface area contributed by atoms with Gasteiger partial charge in [-0.25, -0.2) is 4.79 Å². The van der Waals surface area contributed by atoms with Crippen molar-refractivity contribution >= 4 is 23.3 Å². The Hall–Kier alpha value is -2.37. The van der Waals surface area contributed by atoms with Crippen molar-refractivity contribution in [2.45, 2.75) is 45.6 Å². The first-order valence-electron chi connectivity index (χ1n) is 9.51. The number of esters is 1. The lowest BCUT2D eigenvalue weighted by Crippen LogP contribution is -2.46. The Morgan fingerprint density at radius 1 is 1.23 bits per heavy atom. The van der Waals surface area contributed by atoms with Crippen molar-refractivity contribution in [3.63, 3.8) is 0 Å². The third-order valence-electron chi connectivity index (χ3n) is 4.71. The van der Waals surface area contributed by atoms with Crippen molar-refractivity contribution in [3.05, 3.63) is 30.3 Å². The summed E-state index contributed by atoms with van der Waals surface area (Å²) in [7, 11) is 0. The first-order valence-corrected chi connectivity index (χ1v) is 9.51. The van der Waals surface area contributed by atoms with Gasteiger partial charge in [0.15, 0.2) is 0 Å². The number of benzene rings is 1. The van der Waals surface area contributed by atoms with Crippen LogP contribution in [-0.2, 0) is 14.3 Å². The third kappa shape index (κ3) is 4.23. The van der Waals surface area contributed by atoms with Crippen LogP contribution in [0.15, 0.2) is 35.4 Å². The van der Waals surface area contributed by atoms with Gasteiger partial charge in [-0.05, 0) is 44.2 Å². The summed E-state index contributed by atoms with van der Waals surface area (Å²) in [5.41, 5.74) is 1.13. The summed E-state index contributed by atoms with van der Waals surface area (Å²) in [6, 6.07) is 9.06. The second-order valence-corrected chi connectivity index (χ2v) is 6.89. The number of rotatable bonds is 8. The van der Waals surface area contributed by atoms with Crippen LogP contribution in [0.25, 0.3) is 0 Å². The van der Waals surface area contributed by atoms with Crippen LogP contribution in [0, 0.1) is 5.92 Å². The van der Waals surface area contributed by atoms with E-state index in [-0.39, 0.29) is 12.3 Å². The molecule has 1 atom stereocenters. The molecule has 6 heteroatoms. The fraction of sp³-hybridized carbons (Fsp3) is 0.550. The molecule has 26 heavy (non-hydrogen) atoms. The molecular weight excluding hydrogens is 330 g/mol. The van der Waals surface area contributed by atoms with Gasteiger partial charge in [0.2, 0.25) is 5.91 Å². The highest BCUT2D eigenvalue weighted by atomic mass is 16.5. The number of carbonyl (C=O) groups is 2. The SMILES string of the molecule is CCCN(CC1CC1)C(=O)C1CC(C(=O)OCC)=NN1c1ccccc1. The van der Waals surface area contributed by atoms with E-state index in [1.54, 1.807) is 11.9 Å². The van der Waals surface area contributed by atoms with Gasteiger partial charge in [-0.15, -0.1) is 0 Å². The maximum absolute atomic E-state index is 13.3. The predicted octanol–water partition coefficient (Wildman–Crippen LogP) is 2.83. The van der Waals surface area contributed by atoms with E-state index in [1.807, 2.05) is 35.2 Å². The normalized spacial score (nSPS) is 19.2. The summed E-state index contributed by atoms with van der Waals surface area (Å²) in [6.45, 7) is 5.69. The van der Waals surface area contributed by atoms with E-state index in [4.69, 9.17) is 4.74 Å². The van der Waals surface area contributed by atoms with E-state index in [0.717, 1.165) is 25.2 Å². The maximum Gasteiger partial charge on any atom is 0.354 e. The lowest BCUT2D eigenvalue weighted by atomic mass is 10.1. The van der Waals surface area contributed by atoms with Crippen LogP contribution >= 0.6 is 0 Å². The molecule has 1 unspecified atom stereocenters. The van der Waals surface area contributed by atoms with Crippen LogP contribution in [-0.4, -0.2) is 48.2 Å². The van der Waals surface area contributed by atoms with Gasteiger partial charge in [-0.2, -0.15) is 5.10 Å². The smallest absolute Gasteiger partial charge is 0.354 e. The average Bonchev–Trinajstić information content (AvgIpc) is 3.36. The summed E-state index contributed by atoms with van der Waals surface area (Å²) in [6.07, 6.45) is 3.61. The van der Waals surface area contributed by atoms with Crippen LogP contribution in [0.4, 0.5) is 5.69 Å². The first kappa shape index (κ1) is 18.4. The van der Waals surface area contributed by atoms with Gasteiger partial charge in [0.1, 0.15) is 11.8 Å². The summed E-state index contributed by atoms with van der Waals surface area (Å²) in [5.74, 6) is 0.237. The van der Waals surface area contributed by atoms with Crippen LogP contribution in [0.1, 0.15) is 39.5 Å². The van der Waals surface area contributed by atoms with E-state index in [2.05, 4.69) is 12.0 Å². The molecule has 0 bridgehead atoms. The molecule has 1 aliphatic carbocycles. The molecule has 0 saturated heterocycles. The lowest BCUT2D eigenvalue weighted by molar-refractivity contribution is -0.135. The standard InChI is InChI=1S/C20H27N3O3/c1-3-12-22(14-15-10-11-15)19(24)18-13-17(20(25)26-4-2)21-23(18)16-8-6-5-7-9-16/h5-9,15,18H,3-4,10-14H2,1-2H3. The molecule has 0 radical (unpaired) electrons. The lowest BCUT2D eigenvalue weighted by Gasteiger charge is -2.29. The Morgan fingerprint density at radius 2 is 1.96 bits per heavy atom. The Bertz CT molecular complexity index is 670. The number of hydrogen-bond acceptors (Lipinski definition) is 5. The van der Waals surface area contributed by atoms with Crippen molar-refractivity contribution in [2.24, 2.45) is 11.0 Å². The van der Waals surface area contributed by atoms with Gasteiger partial charge >= 0.3 is 5.97 Å². The minimum absolute atomic E-state index is 0.0469. The zero-order valence-electron chi connectivity index (χ0n) is 15.6. The molecule has 0 N–H and O–H groups in total. The molecule has 1 aromatic carbocycles. The zero-order chi connectivity index (χ0) is 18.5. The number of hydrogen-bond donors (Lipinski definition) is 0. The molecule has 6 nitrogen and oxygen atoms in total. The molecule has 1 fully saturated rings. The van der Waals surface area contributed by atoms with Gasteiger partial charge in [0, 0.05) is 19.5 Å². The van der Waals surface area contributed by atoms with Gasteiger partial charge in [-0.3, -0.25) is 9.80 Å². The molecule has 0 spiro atoms. The monoisotopic (exact) mass is 357 g/mol. The number of carbonyl (C=O) groups excluding carboxylic acids is 2. The van der Waals surface area contributed by atoms with Gasteiger partial charge in [0.25, 0.3) is 0 Å². The predicted molar refractivity (Wildman–Crippen MR) is 101 cm³/mol. The number of nitrogens with zero attached hydrogens (tertiary/aromatic N) is 3. The summed E-state index contributed by atoms with van der Waals surface area (Å²) in [5, 5.41) is 6.13. The fourth-order valence-corrected chi connectivity index (χ4v) is 3.24. The third-order valence-corrected chi connectivity index (χ3v) is 4.71. The van der Waals surface area contributed by atoms with Crippen molar-refractivity contribution in [2.75, 3.05) is 24.7 Å². The van der Waals surface area contributed by atoms with Crippen LogP contribution < -0.4 is 5.01 Å². The van der Waals surface area contributed by atoms with Crippen LogP contribution in [0.5, 0.6) is 0 Å². The Labute approximate surface area is 154 Å². The zero-order valence-corrected chi connectivity index (χ0v) is 15.6. The minimum atomic E-state index is -0.484. The van der Waals surface area contributed by atoms with Crippen molar-refractivity contribution in [3.8, 4) is 0 Å². The molecule has 1 heterocycles. The van der Waals surface area contributed by atoms with Crippen molar-refractivity contribution < 1.29 is 14.3 Å². The van der Waals surface area contributed by atoms with Crippen LogP contribution in [0.2, 0.25) is 0 Å². The Balaban J connectivity index is 1.83. The highest BCUT2D eigenvalue weighted by molar-refractivity contribution is 6.38. The number of hydrazone groups is 1. The van der Waals surface area contributed by atoms with Gasteiger partial charge < -0.3 is 9.64 Å². The van der Waals surface area contributed by atoms with E-state index >= 15 is 0 Å². The number of ether oxygens (including phenoxy) is 1. The van der Waals surface area contributed by atoms with E-state index < -0.39 is 12.0 Å². The molecule has 2 aliphatic rings. The minimum Gasteiger partial charge on any atom is -0.461 e. The molecule has 140 valence electrons. The molecule has 3 rings (SSSR count). The fourth-order valence-electron chi connectivity index (χ4n) is 3.24. The van der Waals surface area contributed by atoms with Crippen molar-refractivity contribution in [1.29, 1.82) is 0 Å². The second kappa shape index (κ2) is 8.34. The van der Waals surface area contributed by atoms with Gasteiger partial charge in [-0.1, -0.05) is 25.1 Å². The van der Waals surface area contributed by atoms with Crippen LogP contribution in [0.3, 0.4) is 0 Å². The number of para-hydroxylation sites is 1. The highest BCUT2D eigenvalue weighted by Crippen LogP contribution is 2.31. The molecule has 0 aromatic heterocycles. The van der Waals surface area contributed by atoms with Crippen molar-refractivity contribution in [1.82, 2.24) is 4.90 Å². The Morgan fingerprint density at radius 3 is 2.58 bits per heavy atom. The molecule has 1 aliphatic heterocycles. The van der Waals surface area contributed by atoms with Gasteiger partial charge in [0.05, 0.1) is 12.3 Å². The molecule has 1 saturated carbocycles. The maximum atomic E-state index is 13.3.